The number of hydrogen-bond acceptors (Lipinski definition) is 9. The topological polar surface area (TPSA) is 127 Å². The molecule has 210 valence electrons. The summed E-state index contributed by atoms with van der Waals surface area (Å²) >= 11 is 0. The molecule has 1 aliphatic carbocycles. The van der Waals surface area contributed by atoms with Gasteiger partial charge in [-0.05, 0) is 39.1 Å². The Hall–Kier alpha value is -3.80. The van der Waals surface area contributed by atoms with Gasteiger partial charge in [-0.25, -0.2) is 9.78 Å². The van der Waals surface area contributed by atoms with E-state index < -0.39 is 0 Å². The molecule has 2 aliphatic rings. The predicted molar refractivity (Wildman–Crippen MR) is 154 cm³/mol. The summed E-state index contributed by atoms with van der Waals surface area (Å²) in [7, 11) is 5.66. The van der Waals surface area contributed by atoms with Crippen LogP contribution < -0.4 is 25.6 Å². The third-order valence-corrected chi connectivity index (χ3v) is 7.43. The van der Waals surface area contributed by atoms with Gasteiger partial charge in [0, 0.05) is 57.1 Å². The summed E-state index contributed by atoms with van der Waals surface area (Å²) in [5.41, 5.74) is 3.26. The Morgan fingerprint density at radius 3 is 2.67 bits per heavy atom. The number of amides is 2. The van der Waals surface area contributed by atoms with E-state index in [2.05, 4.69) is 46.8 Å². The number of imidazole rings is 1. The van der Waals surface area contributed by atoms with Gasteiger partial charge in [-0.1, -0.05) is 19.3 Å². The molecule has 0 radical (unpaired) electrons. The van der Waals surface area contributed by atoms with Crippen LogP contribution >= 0.6 is 0 Å². The molecule has 1 saturated heterocycles. The van der Waals surface area contributed by atoms with Gasteiger partial charge in [0.2, 0.25) is 5.95 Å². The average molecular weight is 537 g/mol. The maximum Gasteiger partial charge on any atom is 0.317 e. The number of ether oxygens (including phenoxy) is 1. The summed E-state index contributed by atoms with van der Waals surface area (Å²) in [6.07, 6.45) is 7.72. The zero-order valence-electron chi connectivity index (χ0n) is 23.2. The van der Waals surface area contributed by atoms with E-state index in [0.717, 1.165) is 55.2 Å². The van der Waals surface area contributed by atoms with Crippen LogP contribution in [0.15, 0.2) is 24.5 Å². The second-order valence-corrected chi connectivity index (χ2v) is 10.5. The average Bonchev–Trinajstić information content (AvgIpc) is 3.43. The number of methoxy groups -OCH3 is 1. The number of H-pyrrole nitrogens is 1. The van der Waals surface area contributed by atoms with Crippen LogP contribution in [0.1, 0.15) is 32.1 Å². The van der Waals surface area contributed by atoms with Gasteiger partial charge in [0.1, 0.15) is 11.3 Å². The highest BCUT2D eigenvalue weighted by atomic mass is 16.5. The lowest BCUT2D eigenvalue weighted by molar-refractivity contribution is 0.193. The standard InChI is InChI=1S/C27H40N10O2/c1-35(2)12-11-28-27(38)37-15-13-36(14-16-37)20-9-10-21(22(17-20)39-3)32-26-33-24-23(29-18-30-24)25(34-26)31-19-7-5-4-6-8-19/h9-10,17-19H,4-8,11-16H2,1-3H3,(H,28,38)(H3,29,30,31,32,33,34). The van der Waals surface area contributed by atoms with E-state index in [0.29, 0.717) is 43.0 Å². The van der Waals surface area contributed by atoms with Crippen molar-refractivity contribution < 1.29 is 9.53 Å². The Bertz CT molecular complexity index is 1250. The highest BCUT2D eigenvalue weighted by Gasteiger charge is 2.22. The molecule has 0 bridgehead atoms. The molecule has 3 heterocycles. The molecule has 0 atom stereocenters. The first-order chi connectivity index (χ1) is 19.0. The minimum Gasteiger partial charge on any atom is -0.494 e. The molecule has 1 aromatic carbocycles. The predicted octanol–water partition coefficient (Wildman–Crippen LogP) is 3.24. The number of hydrogen-bond donors (Lipinski definition) is 4. The van der Waals surface area contributed by atoms with Crippen LogP contribution in [-0.4, -0.2) is 102 Å². The maximum absolute atomic E-state index is 12.5. The van der Waals surface area contributed by atoms with Gasteiger partial charge in [0.25, 0.3) is 0 Å². The normalized spacial score (nSPS) is 16.5. The van der Waals surface area contributed by atoms with Gasteiger partial charge in [-0.15, -0.1) is 0 Å². The molecular weight excluding hydrogens is 496 g/mol. The van der Waals surface area contributed by atoms with Crippen molar-refractivity contribution in [1.29, 1.82) is 0 Å². The Labute approximate surface area is 229 Å². The quantitative estimate of drug-likeness (QED) is 0.326. The number of carbonyl (C=O) groups is 1. The van der Waals surface area contributed by atoms with E-state index in [9.17, 15) is 4.79 Å². The van der Waals surface area contributed by atoms with E-state index in [4.69, 9.17) is 9.72 Å². The van der Waals surface area contributed by atoms with Crippen LogP contribution in [0.3, 0.4) is 0 Å². The molecule has 2 amide bonds. The molecule has 39 heavy (non-hydrogen) atoms. The molecule has 0 unspecified atom stereocenters. The Kier molecular flexibility index (Phi) is 8.50. The highest BCUT2D eigenvalue weighted by Crippen LogP contribution is 2.33. The minimum atomic E-state index is -0.000134. The van der Waals surface area contributed by atoms with E-state index in [-0.39, 0.29) is 6.03 Å². The molecule has 12 heteroatoms. The largest absolute Gasteiger partial charge is 0.494 e. The summed E-state index contributed by atoms with van der Waals surface area (Å²) in [5, 5.41) is 9.95. The number of anilines is 4. The van der Waals surface area contributed by atoms with Gasteiger partial charge in [0.05, 0.1) is 19.1 Å². The number of likely N-dealkylation sites (N-methyl/N-ethyl adjacent to an activating group) is 1. The van der Waals surface area contributed by atoms with Gasteiger partial charge >= 0.3 is 6.03 Å². The van der Waals surface area contributed by atoms with Crippen molar-refractivity contribution in [3.63, 3.8) is 0 Å². The van der Waals surface area contributed by atoms with Crippen molar-refractivity contribution in [3.8, 4) is 5.75 Å². The van der Waals surface area contributed by atoms with Crippen molar-refractivity contribution in [1.82, 2.24) is 35.1 Å². The molecule has 4 N–H and O–H groups in total. The van der Waals surface area contributed by atoms with Crippen molar-refractivity contribution in [2.75, 3.05) is 76.0 Å². The summed E-state index contributed by atoms with van der Waals surface area (Å²) in [5.74, 6) is 1.93. The Balaban J connectivity index is 1.24. The minimum absolute atomic E-state index is 0.000134. The number of piperazine rings is 1. The second-order valence-electron chi connectivity index (χ2n) is 10.5. The van der Waals surface area contributed by atoms with Crippen LogP contribution in [0.4, 0.5) is 27.9 Å². The zero-order valence-corrected chi connectivity index (χ0v) is 23.2. The molecule has 1 aliphatic heterocycles. The van der Waals surface area contributed by atoms with E-state index in [1.807, 2.05) is 31.1 Å². The fourth-order valence-electron chi connectivity index (χ4n) is 5.20. The van der Waals surface area contributed by atoms with Gasteiger partial charge in [-0.3, -0.25) is 0 Å². The summed E-state index contributed by atoms with van der Waals surface area (Å²) in [6.45, 7) is 4.32. The van der Waals surface area contributed by atoms with Crippen LogP contribution in [0, 0.1) is 0 Å². The smallest absolute Gasteiger partial charge is 0.317 e. The highest BCUT2D eigenvalue weighted by molar-refractivity contribution is 5.84. The molecule has 12 nitrogen and oxygen atoms in total. The Morgan fingerprint density at radius 1 is 1.13 bits per heavy atom. The van der Waals surface area contributed by atoms with Crippen molar-refractivity contribution >= 4 is 40.3 Å². The SMILES string of the molecule is COc1cc(N2CCN(C(=O)NCCN(C)C)CC2)ccc1Nc1nc(NC2CCCCC2)c2[nH]cnc2n1. The maximum atomic E-state index is 12.5. The molecule has 2 fully saturated rings. The molecule has 0 spiro atoms. The number of aromatic amines is 1. The number of fused-ring (bicyclic) bond motifs is 1. The zero-order chi connectivity index (χ0) is 27.2. The summed E-state index contributed by atoms with van der Waals surface area (Å²) < 4.78 is 5.74. The van der Waals surface area contributed by atoms with E-state index in [1.165, 1.54) is 19.3 Å². The van der Waals surface area contributed by atoms with Crippen molar-refractivity contribution in [2.45, 2.75) is 38.1 Å². The summed E-state index contributed by atoms with van der Waals surface area (Å²) in [4.78, 5) is 35.6. The van der Waals surface area contributed by atoms with Crippen LogP contribution in [0.5, 0.6) is 5.75 Å². The molecule has 3 aromatic rings. The lowest BCUT2D eigenvalue weighted by atomic mass is 9.95. The van der Waals surface area contributed by atoms with Gasteiger partial charge in [-0.2, -0.15) is 9.97 Å². The first-order valence-electron chi connectivity index (χ1n) is 13.9. The number of urea groups is 1. The molecular formula is C27H40N10O2. The number of carbonyl (C=O) groups excluding carboxylic acids is 1. The third-order valence-electron chi connectivity index (χ3n) is 7.43. The van der Waals surface area contributed by atoms with Crippen LogP contribution in [0.2, 0.25) is 0 Å². The van der Waals surface area contributed by atoms with Crippen molar-refractivity contribution in [3.05, 3.63) is 24.5 Å². The monoisotopic (exact) mass is 536 g/mol. The summed E-state index contributed by atoms with van der Waals surface area (Å²) in [6, 6.07) is 6.47. The fourth-order valence-corrected chi connectivity index (χ4v) is 5.20. The Morgan fingerprint density at radius 2 is 1.92 bits per heavy atom. The molecule has 2 aromatic heterocycles. The number of aromatic nitrogens is 4. The molecule has 1 saturated carbocycles. The molecule has 5 rings (SSSR count). The first kappa shape index (κ1) is 26.8. The fraction of sp³-hybridized carbons (Fsp3) is 0.556. The lowest BCUT2D eigenvalue weighted by Crippen LogP contribution is -2.52. The van der Waals surface area contributed by atoms with E-state index >= 15 is 0 Å². The van der Waals surface area contributed by atoms with Gasteiger partial charge < -0.3 is 40.4 Å². The third kappa shape index (κ3) is 6.62. The van der Waals surface area contributed by atoms with Crippen LogP contribution in [-0.2, 0) is 0 Å². The number of nitrogens with zero attached hydrogens (tertiary/aromatic N) is 6. The lowest BCUT2D eigenvalue weighted by Gasteiger charge is -2.36. The number of benzene rings is 1. The number of rotatable bonds is 9. The van der Waals surface area contributed by atoms with E-state index in [1.54, 1.807) is 13.4 Å². The first-order valence-corrected chi connectivity index (χ1v) is 13.9. The van der Waals surface area contributed by atoms with Crippen LogP contribution in [0.25, 0.3) is 11.2 Å². The van der Waals surface area contributed by atoms with Crippen molar-refractivity contribution in [2.24, 2.45) is 0 Å². The second kappa shape index (κ2) is 12.4. The number of nitrogens with one attached hydrogen (secondary N) is 4. The van der Waals surface area contributed by atoms with Gasteiger partial charge in [0.15, 0.2) is 11.5 Å².